The molecule has 2 aliphatic carbocycles. The van der Waals surface area contributed by atoms with Gasteiger partial charge >= 0.3 is 5.97 Å². The number of epoxide rings is 1. The maximum absolute atomic E-state index is 12.5. The molecule has 29 heavy (non-hydrogen) atoms. The van der Waals surface area contributed by atoms with Crippen molar-refractivity contribution < 1.29 is 29.2 Å². The van der Waals surface area contributed by atoms with Gasteiger partial charge in [-0.2, -0.15) is 0 Å². The number of esters is 1. The third-order valence-corrected chi connectivity index (χ3v) is 7.93. The lowest BCUT2D eigenvalue weighted by Gasteiger charge is -2.57. The summed E-state index contributed by atoms with van der Waals surface area (Å²) >= 11 is 0. The van der Waals surface area contributed by atoms with Crippen LogP contribution in [0, 0.1) is 10.8 Å². The Morgan fingerprint density at radius 1 is 1.34 bits per heavy atom. The van der Waals surface area contributed by atoms with E-state index in [-0.39, 0.29) is 34.7 Å². The fraction of sp³-hybridized carbons (Fsp3) is 0.696. The van der Waals surface area contributed by atoms with Gasteiger partial charge in [-0.15, -0.1) is 0 Å². The van der Waals surface area contributed by atoms with Crippen molar-refractivity contribution in [3.63, 3.8) is 0 Å². The molecule has 0 radical (unpaired) electrons. The van der Waals surface area contributed by atoms with Crippen LogP contribution in [0.3, 0.4) is 0 Å². The van der Waals surface area contributed by atoms with E-state index in [2.05, 4.69) is 26.8 Å². The molecule has 0 aromatic carbocycles. The number of carbonyl (C=O) groups is 1. The first-order valence-corrected chi connectivity index (χ1v) is 10.5. The van der Waals surface area contributed by atoms with E-state index >= 15 is 0 Å². The minimum absolute atomic E-state index is 0.0187. The van der Waals surface area contributed by atoms with Gasteiger partial charge in [0.15, 0.2) is 0 Å². The molecule has 4 rings (SSSR count). The Morgan fingerprint density at radius 3 is 2.72 bits per heavy atom. The Bertz CT molecular complexity index is 763. The van der Waals surface area contributed by atoms with Crippen LogP contribution in [-0.2, 0) is 19.0 Å². The molecular weight excluding hydrogens is 372 g/mol. The van der Waals surface area contributed by atoms with Gasteiger partial charge < -0.3 is 24.4 Å². The molecule has 2 heterocycles. The van der Waals surface area contributed by atoms with E-state index in [1.54, 1.807) is 0 Å². The molecule has 2 N–H and O–H groups in total. The van der Waals surface area contributed by atoms with Crippen LogP contribution in [0.2, 0.25) is 0 Å². The monoisotopic (exact) mass is 404 g/mol. The normalized spacial score (nSPS) is 45.3. The van der Waals surface area contributed by atoms with Crippen LogP contribution in [-0.4, -0.2) is 58.9 Å². The number of aliphatic hydroxyl groups excluding tert-OH is 2. The maximum Gasteiger partial charge on any atom is 0.331 e. The predicted molar refractivity (Wildman–Crippen MR) is 107 cm³/mol. The summed E-state index contributed by atoms with van der Waals surface area (Å²) in [6.45, 7) is 8.77. The molecule has 3 fully saturated rings. The molecule has 6 nitrogen and oxygen atoms in total. The Morgan fingerprint density at radius 2 is 2.07 bits per heavy atom. The summed E-state index contributed by atoms with van der Waals surface area (Å²) in [5.74, 6) is -0.418. The Balaban J connectivity index is 1.52. The number of fused-ring (bicyclic) bond motifs is 2. The molecule has 6 heteroatoms. The van der Waals surface area contributed by atoms with Gasteiger partial charge in [-0.1, -0.05) is 43.7 Å². The van der Waals surface area contributed by atoms with Gasteiger partial charge in [0.25, 0.3) is 0 Å². The van der Waals surface area contributed by atoms with Gasteiger partial charge in [0.1, 0.15) is 11.7 Å². The second-order valence-electron chi connectivity index (χ2n) is 9.49. The minimum atomic E-state index is -0.965. The lowest BCUT2D eigenvalue weighted by atomic mass is 9.52. The van der Waals surface area contributed by atoms with E-state index in [0.29, 0.717) is 13.0 Å². The van der Waals surface area contributed by atoms with Crippen LogP contribution < -0.4 is 0 Å². The largest absolute Gasteiger partial charge is 0.458 e. The average Bonchev–Trinajstić information content (AvgIpc) is 3.43. The van der Waals surface area contributed by atoms with Crippen molar-refractivity contribution in [3.05, 3.63) is 36.0 Å². The highest BCUT2D eigenvalue weighted by Gasteiger charge is 2.81. The predicted octanol–water partition coefficient (Wildman–Crippen LogP) is 2.45. The smallest absolute Gasteiger partial charge is 0.331 e. The van der Waals surface area contributed by atoms with Crippen LogP contribution in [0.5, 0.6) is 0 Å². The molecule has 2 bridgehead atoms. The van der Waals surface area contributed by atoms with Crippen molar-refractivity contribution in [1.29, 1.82) is 0 Å². The number of allylic oxidation sites excluding steroid dienone is 3. The first kappa shape index (κ1) is 20.8. The maximum atomic E-state index is 12.5. The minimum Gasteiger partial charge on any atom is -0.458 e. The number of carbonyl (C=O) groups excluding carboxylic acids is 1. The zero-order chi connectivity index (χ0) is 21.0. The summed E-state index contributed by atoms with van der Waals surface area (Å²) < 4.78 is 18.4. The van der Waals surface area contributed by atoms with E-state index in [1.807, 2.05) is 0 Å². The van der Waals surface area contributed by atoms with Gasteiger partial charge in [-0.05, 0) is 26.7 Å². The van der Waals surface area contributed by atoms with Gasteiger partial charge in [-0.25, -0.2) is 4.79 Å². The van der Waals surface area contributed by atoms with Crippen molar-refractivity contribution in [1.82, 2.24) is 0 Å². The third-order valence-electron chi connectivity index (χ3n) is 7.93. The van der Waals surface area contributed by atoms with Gasteiger partial charge in [-0.3, -0.25) is 0 Å². The first-order chi connectivity index (χ1) is 13.6. The Hall–Kier alpha value is -1.47. The molecule has 8 atom stereocenters. The average molecular weight is 405 g/mol. The van der Waals surface area contributed by atoms with Crippen molar-refractivity contribution in [2.24, 2.45) is 10.8 Å². The number of rotatable bonds is 5. The van der Waals surface area contributed by atoms with Crippen molar-refractivity contribution in [2.75, 3.05) is 6.61 Å². The Labute approximate surface area is 172 Å². The quantitative estimate of drug-likeness (QED) is 0.241. The lowest BCUT2D eigenvalue weighted by molar-refractivity contribution is -0.209. The topological polar surface area (TPSA) is 88.5 Å². The summed E-state index contributed by atoms with van der Waals surface area (Å²) in [5, 5.41) is 18.8. The van der Waals surface area contributed by atoms with E-state index in [9.17, 15) is 15.0 Å². The summed E-state index contributed by atoms with van der Waals surface area (Å²) in [6, 6.07) is 0. The fourth-order valence-electron chi connectivity index (χ4n) is 5.67. The fourth-order valence-corrected chi connectivity index (χ4v) is 5.67. The van der Waals surface area contributed by atoms with E-state index in [0.717, 1.165) is 12.8 Å². The third kappa shape index (κ3) is 3.03. The molecule has 1 spiro atoms. The van der Waals surface area contributed by atoms with Crippen LogP contribution in [0.25, 0.3) is 0 Å². The van der Waals surface area contributed by atoms with E-state index in [4.69, 9.17) is 14.2 Å². The standard InChI is InChI=1S/C23H32O6/c1-14-9-10-21(3)17(11-14)28-19-12-18(22(21,4)23(19)13-27-23)29-20(26)8-6-5-7-16(25)15(2)24/h5-8,11,15-19,24-25H,9-10,12-13H2,1-4H3/b7-5+,8-6-/t15-,16+,17-,18-,19-,21+,22-,23-/m1/s1. The lowest BCUT2D eigenvalue weighted by Crippen LogP contribution is -2.63. The molecule has 2 saturated heterocycles. The molecule has 160 valence electrons. The van der Waals surface area contributed by atoms with Crippen LogP contribution >= 0.6 is 0 Å². The van der Waals surface area contributed by atoms with Gasteiger partial charge in [0, 0.05) is 23.3 Å². The van der Waals surface area contributed by atoms with Crippen molar-refractivity contribution in [2.45, 2.75) is 83.1 Å². The zero-order valence-corrected chi connectivity index (χ0v) is 17.6. The first-order valence-electron chi connectivity index (χ1n) is 10.5. The van der Waals surface area contributed by atoms with Gasteiger partial charge in [0.05, 0.1) is 31.0 Å². The van der Waals surface area contributed by atoms with Crippen LogP contribution in [0.15, 0.2) is 36.0 Å². The van der Waals surface area contributed by atoms with Crippen molar-refractivity contribution in [3.8, 4) is 0 Å². The molecule has 0 unspecified atom stereocenters. The summed E-state index contributed by atoms with van der Waals surface area (Å²) in [4.78, 5) is 12.5. The van der Waals surface area contributed by atoms with Crippen LogP contribution in [0.4, 0.5) is 0 Å². The number of aliphatic hydroxyl groups is 2. The van der Waals surface area contributed by atoms with Crippen molar-refractivity contribution >= 4 is 5.97 Å². The second kappa shape index (κ2) is 7.05. The molecule has 0 aromatic heterocycles. The number of ether oxygens (including phenoxy) is 3. The highest BCUT2D eigenvalue weighted by atomic mass is 16.6. The van der Waals surface area contributed by atoms with E-state index < -0.39 is 18.2 Å². The number of hydrogen-bond donors (Lipinski definition) is 2. The highest BCUT2D eigenvalue weighted by Crippen LogP contribution is 2.71. The molecule has 1 saturated carbocycles. The number of hydrogen-bond acceptors (Lipinski definition) is 6. The molecule has 4 aliphatic rings. The van der Waals surface area contributed by atoms with E-state index in [1.165, 1.54) is 36.8 Å². The second-order valence-corrected chi connectivity index (χ2v) is 9.49. The highest BCUT2D eigenvalue weighted by molar-refractivity contribution is 5.82. The molecular formula is C23H32O6. The zero-order valence-electron chi connectivity index (χ0n) is 17.6. The Kier molecular flexibility index (Phi) is 5.05. The molecule has 0 amide bonds. The van der Waals surface area contributed by atoms with Crippen LogP contribution in [0.1, 0.15) is 47.0 Å². The SMILES string of the molecule is CC1=C[C@H]2O[C@@H]3C[C@@H](OC(=O)/C=C\C=C\[C@H](O)[C@@H](C)O)[C@](C)([C@@]2(C)CC1)[C@@]31CO1. The molecule has 0 aromatic rings. The summed E-state index contributed by atoms with van der Waals surface area (Å²) in [6.07, 6.45) is 8.59. The summed E-state index contributed by atoms with van der Waals surface area (Å²) in [5.41, 5.74) is 0.525. The van der Waals surface area contributed by atoms with Gasteiger partial charge in [0.2, 0.25) is 0 Å². The summed E-state index contributed by atoms with van der Waals surface area (Å²) in [7, 11) is 0. The molecule has 2 aliphatic heterocycles.